The number of rotatable bonds is 4. The Bertz CT molecular complexity index is 863. The molecule has 0 unspecified atom stereocenters. The largest absolute Gasteiger partial charge is 0.489 e. The van der Waals surface area contributed by atoms with Gasteiger partial charge in [0.05, 0.1) is 0 Å². The van der Waals surface area contributed by atoms with Gasteiger partial charge in [0.1, 0.15) is 17.9 Å². The molecule has 1 fully saturated rings. The summed E-state index contributed by atoms with van der Waals surface area (Å²) in [5.41, 5.74) is 1.56. The first-order valence-electron chi connectivity index (χ1n) is 8.80. The molecule has 128 valence electrons. The standard InChI is InChI=1S/C21H21NO3/c23-21(22-13-7-2-8-14-22)20-18(15-24-16-9-3-1-4-10-16)17-11-5-6-12-19(17)25-20/h1,3-6,9-12H,2,7-8,13-15H2. The van der Waals surface area contributed by atoms with Crippen LogP contribution >= 0.6 is 0 Å². The van der Waals surface area contributed by atoms with Crippen LogP contribution in [0.3, 0.4) is 0 Å². The van der Waals surface area contributed by atoms with Crippen LogP contribution < -0.4 is 4.74 Å². The molecule has 0 N–H and O–H groups in total. The number of fused-ring (bicyclic) bond motifs is 1. The van der Waals surface area contributed by atoms with Crippen LogP contribution in [-0.4, -0.2) is 23.9 Å². The highest BCUT2D eigenvalue weighted by molar-refractivity contribution is 5.99. The second-order valence-electron chi connectivity index (χ2n) is 6.36. The number of nitrogens with zero attached hydrogens (tertiary/aromatic N) is 1. The van der Waals surface area contributed by atoms with Crippen LogP contribution in [0.4, 0.5) is 0 Å². The first-order valence-corrected chi connectivity index (χ1v) is 8.80. The molecule has 4 nitrogen and oxygen atoms in total. The predicted molar refractivity (Wildman–Crippen MR) is 96.7 cm³/mol. The van der Waals surface area contributed by atoms with E-state index in [0.29, 0.717) is 12.4 Å². The number of hydrogen-bond donors (Lipinski definition) is 0. The first-order chi connectivity index (χ1) is 12.3. The topological polar surface area (TPSA) is 42.7 Å². The van der Waals surface area contributed by atoms with Gasteiger partial charge in [-0.1, -0.05) is 36.4 Å². The zero-order valence-electron chi connectivity index (χ0n) is 14.1. The SMILES string of the molecule is O=C(c1oc2ccccc2c1COc1ccccc1)N1CCCCC1. The lowest BCUT2D eigenvalue weighted by Crippen LogP contribution is -2.35. The Morgan fingerprint density at radius 1 is 0.960 bits per heavy atom. The van der Waals surface area contributed by atoms with E-state index in [4.69, 9.17) is 9.15 Å². The van der Waals surface area contributed by atoms with E-state index < -0.39 is 0 Å². The van der Waals surface area contributed by atoms with Gasteiger partial charge in [-0.2, -0.15) is 0 Å². The van der Waals surface area contributed by atoms with Gasteiger partial charge in [0, 0.05) is 24.0 Å². The number of benzene rings is 2. The summed E-state index contributed by atoms with van der Waals surface area (Å²) in [6.07, 6.45) is 3.30. The maximum absolute atomic E-state index is 13.0. The first kappa shape index (κ1) is 15.8. The highest BCUT2D eigenvalue weighted by Gasteiger charge is 2.26. The van der Waals surface area contributed by atoms with E-state index >= 15 is 0 Å². The van der Waals surface area contributed by atoms with E-state index in [1.54, 1.807) is 0 Å². The van der Waals surface area contributed by atoms with Crippen molar-refractivity contribution in [2.45, 2.75) is 25.9 Å². The molecule has 1 aliphatic heterocycles. The number of amides is 1. The number of para-hydroxylation sites is 2. The van der Waals surface area contributed by atoms with E-state index in [2.05, 4.69) is 0 Å². The summed E-state index contributed by atoms with van der Waals surface area (Å²) >= 11 is 0. The van der Waals surface area contributed by atoms with Gasteiger partial charge in [-0.3, -0.25) is 4.79 Å². The number of ether oxygens (including phenoxy) is 1. The molecule has 2 heterocycles. The van der Waals surface area contributed by atoms with Crippen molar-refractivity contribution in [2.24, 2.45) is 0 Å². The van der Waals surface area contributed by atoms with Crippen molar-refractivity contribution in [3.8, 4) is 5.75 Å². The number of likely N-dealkylation sites (tertiary alicyclic amines) is 1. The van der Waals surface area contributed by atoms with Crippen LogP contribution in [0, 0.1) is 0 Å². The summed E-state index contributed by atoms with van der Waals surface area (Å²) in [7, 11) is 0. The lowest BCUT2D eigenvalue weighted by molar-refractivity contribution is 0.0691. The summed E-state index contributed by atoms with van der Waals surface area (Å²) in [6, 6.07) is 17.4. The van der Waals surface area contributed by atoms with E-state index in [1.165, 1.54) is 6.42 Å². The fourth-order valence-corrected chi connectivity index (χ4v) is 3.33. The van der Waals surface area contributed by atoms with Gasteiger partial charge in [0.2, 0.25) is 0 Å². The van der Waals surface area contributed by atoms with Crippen LogP contribution in [-0.2, 0) is 6.61 Å². The molecule has 0 atom stereocenters. The average Bonchev–Trinajstić information content (AvgIpc) is 3.06. The van der Waals surface area contributed by atoms with Crippen LogP contribution in [0.5, 0.6) is 5.75 Å². The Kier molecular flexibility index (Phi) is 4.42. The van der Waals surface area contributed by atoms with Gasteiger partial charge >= 0.3 is 0 Å². The monoisotopic (exact) mass is 335 g/mol. The molecule has 2 aromatic carbocycles. The highest BCUT2D eigenvalue weighted by Crippen LogP contribution is 2.29. The number of carbonyl (C=O) groups excluding carboxylic acids is 1. The van der Waals surface area contributed by atoms with Gasteiger partial charge in [-0.05, 0) is 37.5 Å². The lowest BCUT2D eigenvalue weighted by atomic mass is 10.1. The van der Waals surface area contributed by atoms with Gasteiger partial charge in [-0.15, -0.1) is 0 Å². The third-order valence-corrected chi connectivity index (χ3v) is 4.66. The van der Waals surface area contributed by atoms with Crippen LogP contribution in [0.15, 0.2) is 59.0 Å². The quantitative estimate of drug-likeness (QED) is 0.698. The van der Waals surface area contributed by atoms with E-state index in [1.807, 2.05) is 59.5 Å². The average molecular weight is 335 g/mol. The Labute approximate surface area is 147 Å². The second-order valence-corrected chi connectivity index (χ2v) is 6.36. The molecule has 1 amide bonds. The fraction of sp³-hybridized carbons (Fsp3) is 0.286. The summed E-state index contributed by atoms with van der Waals surface area (Å²) in [4.78, 5) is 14.9. The minimum absolute atomic E-state index is 0.0254. The molecule has 1 aliphatic rings. The van der Waals surface area contributed by atoms with Gasteiger partial charge in [-0.25, -0.2) is 0 Å². The van der Waals surface area contributed by atoms with Crippen molar-refractivity contribution in [2.75, 3.05) is 13.1 Å². The second kappa shape index (κ2) is 7.01. The van der Waals surface area contributed by atoms with E-state index in [0.717, 1.165) is 48.2 Å². The molecule has 3 aromatic rings. The fourth-order valence-electron chi connectivity index (χ4n) is 3.33. The summed E-state index contributed by atoms with van der Waals surface area (Å²) in [5, 5.41) is 0.943. The number of carbonyl (C=O) groups is 1. The predicted octanol–water partition coefficient (Wildman–Crippen LogP) is 4.64. The van der Waals surface area contributed by atoms with Gasteiger partial charge in [0.25, 0.3) is 5.91 Å². The Morgan fingerprint density at radius 3 is 2.48 bits per heavy atom. The number of piperidine rings is 1. The van der Waals surface area contributed by atoms with E-state index in [9.17, 15) is 4.79 Å². The molecule has 0 radical (unpaired) electrons. The smallest absolute Gasteiger partial charge is 0.290 e. The number of hydrogen-bond acceptors (Lipinski definition) is 3. The Balaban J connectivity index is 1.66. The van der Waals surface area contributed by atoms with Crippen molar-refractivity contribution in [3.63, 3.8) is 0 Å². The zero-order chi connectivity index (χ0) is 17.1. The molecule has 4 rings (SSSR count). The minimum Gasteiger partial charge on any atom is -0.489 e. The maximum Gasteiger partial charge on any atom is 0.290 e. The molecule has 1 aromatic heterocycles. The van der Waals surface area contributed by atoms with Crippen molar-refractivity contribution in [1.82, 2.24) is 4.90 Å². The molecule has 1 saturated heterocycles. The van der Waals surface area contributed by atoms with Gasteiger partial charge in [0.15, 0.2) is 5.76 Å². The molecular weight excluding hydrogens is 314 g/mol. The van der Waals surface area contributed by atoms with Crippen molar-refractivity contribution in [1.29, 1.82) is 0 Å². The van der Waals surface area contributed by atoms with Crippen LogP contribution in [0.25, 0.3) is 11.0 Å². The van der Waals surface area contributed by atoms with Crippen molar-refractivity contribution >= 4 is 16.9 Å². The lowest BCUT2D eigenvalue weighted by Gasteiger charge is -2.26. The third kappa shape index (κ3) is 3.25. The molecule has 0 bridgehead atoms. The maximum atomic E-state index is 13.0. The van der Waals surface area contributed by atoms with Gasteiger partial charge < -0.3 is 14.1 Å². The van der Waals surface area contributed by atoms with Crippen LogP contribution in [0.2, 0.25) is 0 Å². The molecule has 0 spiro atoms. The molecule has 0 aliphatic carbocycles. The third-order valence-electron chi connectivity index (χ3n) is 4.66. The Morgan fingerprint density at radius 2 is 1.68 bits per heavy atom. The molecule has 4 heteroatoms. The summed E-state index contributed by atoms with van der Waals surface area (Å²) < 4.78 is 11.8. The van der Waals surface area contributed by atoms with Crippen LogP contribution in [0.1, 0.15) is 35.4 Å². The van der Waals surface area contributed by atoms with Crippen molar-refractivity contribution < 1.29 is 13.9 Å². The Hall–Kier alpha value is -2.75. The summed E-state index contributed by atoms with van der Waals surface area (Å²) in [6.45, 7) is 1.92. The summed E-state index contributed by atoms with van der Waals surface area (Å²) in [5.74, 6) is 1.17. The highest BCUT2D eigenvalue weighted by atomic mass is 16.5. The molecule has 0 saturated carbocycles. The number of furan rings is 1. The van der Waals surface area contributed by atoms with E-state index in [-0.39, 0.29) is 5.91 Å². The zero-order valence-corrected chi connectivity index (χ0v) is 14.1. The minimum atomic E-state index is -0.0254. The molecule has 25 heavy (non-hydrogen) atoms. The van der Waals surface area contributed by atoms with Crippen molar-refractivity contribution in [3.05, 3.63) is 65.9 Å². The molecular formula is C21H21NO3. The normalized spacial score (nSPS) is 14.6.